The molecule has 0 aromatic rings. The number of hydrogen-bond acceptors (Lipinski definition) is 3. The number of hydrogen-bond donors (Lipinski definition) is 0. The molecular formula is C12H25N3O2S. The van der Waals surface area contributed by atoms with Crippen LogP contribution in [0, 0.1) is 5.92 Å². The standard InChI is InChI=1S/C12H25N3O2S/c1-13-9-5-12(6-10-13)11-14(2)18(16,17)15-7-3-4-8-15/h12H,3-11H2,1-2H3. The maximum absolute atomic E-state index is 12.3. The molecule has 0 aromatic carbocycles. The van der Waals surface area contributed by atoms with Gasteiger partial charge in [0.2, 0.25) is 0 Å². The third-order valence-electron chi connectivity index (χ3n) is 4.14. The summed E-state index contributed by atoms with van der Waals surface area (Å²) in [4.78, 5) is 2.31. The summed E-state index contributed by atoms with van der Waals surface area (Å²) in [5.74, 6) is 0.517. The van der Waals surface area contributed by atoms with E-state index in [2.05, 4.69) is 11.9 Å². The highest BCUT2D eigenvalue weighted by molar-refractivity contribution is 7.86. The van der Waals surface area contributed by atoms with Crippen LogP contribution in [0.4, 0.5) is 0 Å². The first kappa shape index (κ1) is 14.2. The van der Waals surface area contributed by atoms with Crippen molar-refractivity contribution in [2.75, 3.05) is 46.8 Å². The molecule has 6 heteroatoms. The van der Waals surface area contributed by atoms with Crippen molar-refractivity contribution in [3.8, 4) is 0 Å². The molecule has 2 aliphatic rings. The van der Waals surface area contributed by atoms with Gasteiger partial charge in [-0.3, -0.25) is 0 Å². The molecule has 0 aromatic heterocycles. The quantitative estimate of drug-likeness (QED) is 0.755. The molecule has 0 amide bonds. The van der Waals surface area contributed by atoms with E-state index in [0.29, 0.717) is 25.6 Å². The lowest BCUT2D eigenvalue weighted by Crippen LogP contribution is -2.44. The van der Waals surface area contributed by atoms with E-state index in [0.717, 1.165) is 38.8 Å². The van der Waals surface area contributed by atoms with Gasteiger partial charge in [-0.25, -0.2) is 0 Å². The smallest absolute Gasteiger partial charge is 0.281 e. The van der Waals surface area contributed by atoms with Crippen LogP contribution in [0.5, 0.6) is 0 Å². The van der Waals surface area contributed by atoms with Crippen molar-refractivity contribution in [2.45, 2.75) is 25.7 Å². The molecule has 2 rings (SSSR count). The second-order valence-electron chi connectivity index (χ2n) is 5.64. The highest BCUT2D eigenvalue weighted by Gasteiger charge is 2.31. The normalized spacial score (nSPS) is 25.1. The van der Waals surface area contributed by atoms with Crippen LogP contribution in [0.1, 0.15) is 25.7 Å². The van der Waals surface area contributed by atoms with Crippen molar-refractivity contribution in [3.05, 3.63) is 0 Å². The number of rotatable bonds is 4. The summed E-state index contributed by atoms with van der Waals surface area (Å²) in [6.45, 7) is 4.23. The van der Waals surface area contributed by atoms with Crippen LogP contribution in [-0.4, -0.2) is 68.7 Å². The molecule has 0 radical (unpaired) electrons. The van der Waals surface area contributed by atoms with Crippen LogP contribution >= 0.6 is 0 Å². The monoisotopic (exact) mass is 275 g/mol. The molecule has 0 saturated carbocycles. The van der Waals surface area contributed by atoms with E-state index < -0.39 is 10.2 Å². The zero-order valence-corrected chi connectivity index (χ0v) is 12.3. The lowest BCUT2D eigenvalue weighted by Gasteiger charge is -2.32. The molecule has 2 saturated heterocycles. The summed E-state index contributed by atoms with van der Waals surface area (Å²) in [5.41, 5.74) is 0. The minimum atomic E-state index is -3.20. The van der Waals surface area contributed by atoms with Gasteiger partial charge in [-0.1, -0.05) is 0 Å². The lowest BCUT2D eigenvalue weighted by molar-refractivity contribution is 0.200. The molecular weight excluding hydrogens is 250 g/mol. The van der Waals surface area contributed by atoms with E-state index in [1.54, 1.807) is 15.7 Å². The Morgan fingerprint density at radius 2 is 1.67 bits per heavy atom. The Morgan fingerprint density at radius 1 is 1.11 bits per heavy atom. The van der Waals surface area contributed by atoms with Crippen molar-refractivity contribution in [2.24, 2.45) is 5.92 Å². The number of piperidine rings is 1. The highest BCUT2D eigenvalue weighted by Crippen LogP contribution is 2.21. The molecule has 0 bridgehead atoms. The van der Waals surface area contributed by atoms with Crippen LogP contribution in [0.2, 0.25) is 0 Å². The maximum Gasteiger partial charge on any atom is 0.281 e. The van der Waals surface area contributed by atoms with Crippen molar-refractivity contribution in [1.82, 2.24) is 13.5 Å². The summed E-state index contributed by atoms with van der Waals surface area (Å²) < 4.78 is 27.8. The minimum absolute atomic E-state index is 0.517. The predicted molar refractivity (Wildman–Crippen MR) is 72.6 cm³/mol. The average molecular weight is 275 g/mol. The van der Waals surface area contributed by atoms with Crippen LogP contribution in [0.3, 0.4) is 0 Å². The van der Waals surface area contributed by atoms with Gasteiger partial charge in [-0.15, -0.1) is 0 Å². The first-order valence-corrected chi connectivity index (χ1v) is 8.30. The fourth-order valence-electron chi connectivity index (χ4n) is 2.82. The van der Waals surface area contributed by atoms with Crippen molar-refractivity contribution >= 4 is 10.2 Å². The van der Waals surface area contributed by atoms with Crippen LogP contribution in [-0.2, 0) is 10.2 Å². The lowest BCUT2D eigenvalue weighted by atomic mass is 9.97. The van der Waals surface area contributed by atoms with Crippen LogP contribution in [0.15, 0.2) is 0 Å². The second-order valence-corrected chi connectivity index (χ2v) is 7.68. The molecule has 2 heterocycles. The summed E-state index contributed by atoms with van der Waals surface area (Å²) in [5, 5.41) is 0. The van der Waals surface area contributed by atoms with E-state index in [-0.39, 0.29) is 0 Å². The van der Waals surface area contributed by atoms with E-state index in [4.69, 9.17) is 0 Å². The SMILES string of the molecule is CN1CCC(CN(C)S(=O)(=O)N2CCCC2)CC1. The van der Waals surface area contributed by atoms with Gasteiger partial charge < -0.3 is 4.90 Å². The Morgan fingerprint density at radius 3 is 2.22 bits per heavy atom. The third-order valence-corrected chi connectivity index (χ3v) is 6.09. The molecule has 0 unspecified atom stereocenters. The van der Waals surface area contributed by atoms with Gasteiger partial charge in [-0.05, 0) is 51.7 Å². The third kappa shape index (κ3) is 3.23. The summed E-state index contributed by atoms with van der Waals surface area (Å²) in [6.07, 6.45) is 4.22. The highest BCUT2D eigenvalue weighted by atomic mass is 32.2. The fraction of sp³-hybridized carbons (Fsp3) is 1.00. The predicted octanol–water partition coefficient (Wildman–Crippen LogP) is 0.601. The first-order valence-electron chi connectivity index (χ1n) is 6.90. The van der Waals surface area contributed by atoms with Gasteiger partial charge in [0.1, 0.15) is 0 Å². The van der Waals surface area contributed by atoms with Crippen molar-refractivity contribution in [1.29, 1.82) is 0 Å². The van der Waals surface area contributed by atoms with E-state index in [1.165, 1.54) is 0 Å². The molecule has 2 aliphatic heterocycles. The van der Waals surface area contributed by atoms with E-state index in [1.807, 2.05) is 0 Å². The Kier molecular flexibility index (Phi) is 4.64. The molecule has 5 nitrogen and oxygen atoms in total. The van der Waals surface area contributed by atoms with Gasteiger partial charge >= 0.3 is 0 Å². The summed E-state index contributed by atoms with van der Waals surface area (Å²) in [6, 6.07) is 0. The zero-order valence-electron chi connectivity index (χ0n) is 11.5. The molecule has 18 heavy (non-hydrogen) atoms. The Labute approximate surface area is 111 Å². The fourth-order valence-corrected chi connectivity index (χ4v) is 4.33. The van der Waals surface area contributed by atoms with Crippen molar-refractivity contribution < 1.29 is 8.42 Å². The van der Waals surface area contributed by atoms with Gasteiger partial charge in [0.25, 0.3) is 10.2 Å². The average Bonchev–Trinajstić information content (AvgIpc) is 2.86. The van der Waals surface area contributed by atoms with Crippen LogP contribution < -0.4 is 0 Å². The molecule has 0 aliphatic carbocycles. The maximum atomic E-state index is 12.3. The van der Waals surface area contributed by atoms with Gasteiger partial charge in [0.15, 0.2) is 0 Å². The van der Waals surface area contributed by atoms with Gasteiger partial charge in [-0.2, -0.15) is 17.0 Å². The van der Waals surface area contributed by atoms with Crippen LogP contribution in [0.25, 0.3) is 0 Å². The topological polar surface area (TPSA) is 43.9 Å². The number of likely N-dealkylation sites (tertiary alicyclic amines) is 1. The summed E-state index contributed by atoms with van der Waals surface area (Å²) in [7, 11) is 0.655. The van der Waals surface area contributed by atoms with Crippen molar-refractivity contribution in [3.63, 3.8) is 0 Å². The Balaban J connectivity index is 1.88. The van der Waals surface area contributed by atoms with E-state index >= 15 is 0 Å². The Bertz CT molecular complexity index is 358. The molecule has 2 fully saturated rings. The van der Waals surface area contributed by atoms with Gasteiger partial charge in [0, 0.05) is 26.7 Å². The zero-order chi connectivity index (χ0) is 13.2. The summed E-state index contributed by atoms with van der Waals surface area (Å²) >= 11 is 0. The molecule has 106 valence electrons. The first-order chi connectivity index (χ1) is 8.50. The molecule has 0 atom stereocenters. The Hall–Kier alpha value is -0.170. The largest absolute Gasteiger partial charge is 0.306 e. The van der Waals surface area contributed by atoms with E-state index in [9.17, 15) is 8.42 Å². The number of nitrogens with zero attached hydrogens (tertiary/aromatic N) is 3. The minimum Gasteiger partial charge on any atom is -0.306 e. The molecule has 0 N–H and O–H groups in total. The molecule has 0 spiro atoms. The second kappa shape index (κ2) is 5.86. The van der Waals surface area contributed by atoms with Gasteiger partial charge in [0.05, 0.1) is 0 Å².